The van der Waals surface area contributed by atoms with Gasteiger partial charge in [0, 0.05) is 37.1 Å². The van der Waals surface area contributed by atoms with Crippen molar-refractivity contribution in [3.63, 3.8) is 0 Å². The van der Waals surface area contributed by atoms with E-state index in [0.29, 0.717) is 30.2 Å². The minimum Gasteiger partial charge on any atom is -0.395 e. The number of β-amino-alcohol motifs (C(OH)–C–C–N with tert-alkyl or cyclic N) is 1. The number of hydrogen-bond donors (Lipinski definition) is 5. The summed E-state index contributed by atoms with van der Waals surface area (Å²) in [6.45, 7) is 1.09. The van der Waals surface area contributed by atoms with Crippen LogP contribution in [0.2, 0.25) is 0 Å². The number of nitro benzene ring substituents is 1. The van der Waals surface area contributed by atoms with Gasteiger partial charge in [-0.2, -0.15) is 0 Å². The van der Waals surface area contributed by atoms with Crippen LogP contribution in [0.4, 0.5) is 11.4 Å². The predicted molar refractivity (Wildman–Crippen MR) is 122 cm³/mol. The summed E-state index contributed by atoms with van der Waals surface area (Å²) < 4.78 is 0. The highest BCUT2D eigenvalue weighted by atomic mass is 16.6. The number of aliphatic hydroxyl groups excluding tert-OH is 4. The molecule has 1 aromatic heterocycles. The summed E-state index contributed by atoms with van der Waals surface area (Å²) in [5.74, 6) is 0.429. The molecule has 1 aliphatic heterocycles. The topological polar surface area (TPSA) is 165 Å². The van der Waals surface area contributed by atoms with E-state index in [-0.39, 0.29) is 18.8 Å². The molecule has 0 spiro atoms. The first-order valence-electron chi connectivity index (χ1n) is 11.1. The van der Waals surface area contributed by atoms with Gasteiger partial charge in [-0.25, -0.2) is 9.97 Å². The van der Waals surface area contributed by atoms with Crippen molar-refractivity contribution in [1.29, 1.82) is 0 Å². The van der Waals surface area contributed by atoms with Crippen LogP contribution >= 0.6 is 0 Å². The molecule has 180 valence electrons. The summed E-state index contributed by atoms with van der Waals surface area (Å²) in [7, 11) is 0. The van der Waals surface area contributed by atoms with E-state index in [9.17, 15) is 30.5 Å². The number of nitrogens with zero attached hydrogens (tertiary/aromatic N) is 4. The monoisotopic (exact) mass is 461 g/mol. The Bertz CT molecular complexity index is 902. The maximum Gasteiger partial charge on any atom is 0.293 e. The highest BCUT2D eigenvalue weighted by molar-refractivity contribution is 5.70. The number of likely N-dealkylation sites (tertiary alicyclic amines) is 1. The first-order chi connectivity index (χ1) is 15.9. The molecule has 2 heterocycles. The quantitative estimate of drug-likeness (QED) is 0.183. The number of anilines is 1. The normalized spacial score (nSPS) is 23.4. The van der Waals surface area contributed by atoms with Gasteiger partial charge < -0.3 is 25.7 Å². The maximum atomic E-state index is 11.5. The van der Waals surface area contributed by atoms with Crippen molar-refractivity contribution in [3.8, 4) is 11.4 Å². The lowest BCUT2D eigenvalue weighted by atomic mass is 9.94. The van der Waals surface area contributed by atoms with Gasteiger partial charge in [0.15, 0.2) is 5.82 Å². The van der Waals surface area contributed by atoms with E-state index < -0.39 is 29.3 Å². The number of aliphatic hydroxyl groups is 4. The minimum absolute atomic E-state index is 0.0283. The van der Waals surface area contributed by atoms with Crippen molar-refractivity contribution in [2.45, 2.75) is 50.0 Å². The zero-order valence-corrected chi connectivity index (χ0v) is 18.3. The zero-order valence-electron chi connectivity index (χ0n) is 18.3. The Morgan fingerprint density at radius 3 is 2.52 bits per heavy atom. The second-order valence-electron chi connectivity index (χ2n) is 8.20. The van der Waals surface area contributed by atoms with Crippen molar-refractivity contribution in [3.05, 3.63) is 46.8 Å². The number of unbranched alkanes of at least 4 members (excludes halogenated alkanes) is 3. The van der Waals surface area contributed by atoms with E-state index >= 15 is 0 Å². The number of rotatable bonds is 11. The Balaban J connectivity index is 1.42. The molecule has 0 amide bonds. The third-order valence-electron chi connectivity index (χ3n) is 5.92. The van der Waals surface area contributed by atoms with Crippen LogP contribution in [0, 0.1) is 10.1 Å². The number of benzene rings is 1. The predicted octanol–water partition coefficient (Wildman–Crippen LogP) is 0.783. The highest BCUT2D eigenvalue weighted by Crippen LogP contribution is 2.29. The summed E-state index contributed by atoms with van der Waals surface area (Å²) in [6, 6.07) is 5.98. The van der Waals surface area contributed by atoms with Gasteiger partial charge in [0.2, 0.25) is 0 Å². The fourth-order valence-corrected chi connectivity index (χ4v) is 4.07. The van der Waals surface area contributed by atoms with Gasteiger partial charge in [-0.05, 0) is 37.6 Å². The second-order valence-corrected chi connectivity index (χ2v) is 8.20. The largest absolute Gasteiger partial charge is 0.395 e. The molecule has 1 fully saturated rings. The summed E-state index contributed by atoms with van der Waals surface area (Å²) in [5.41, 5.74) is 0.995. The number of nitrogens with one attached hydrogen (secondary N) is 1. The first kappa shape index (κ1) is 24.9. The summed E-state index contributed by atoms with van der Waals surface area (Å²) in [6.07, 6.45) is 3.10. The number of piperidine rings is 1. The SMILES string of the molecule is O=[N+]([O-])c1cc(-c2ncccn2)ccc1NCCCCCCN1CC(O)C(O)C(O)[C@@H]1CO. The molecule has 3 rings (SSSR count). The molecule has 1 aromatic carbocycles. The smallest absolute Gasteiger partial charge is 0.293 e. The molecule has 0 saturated carbocycles. The van der Waals surface area contributed by atoms with Crippen LogP contribution in [0.3, 0.4) is 0 Å². The van der Waals surface area contributed by atoms with Gasteiger partial charge in [-0.15, -0.1) is 0 Å². The molecule has 5 N–H and O–H groups in total. The molecule has 33 heavy (non-hydrogen) atoms. The van der Waals surface area contributed by atoms with E-state index in [1.54, 1.807) is 30.6 Å². The molecule has 0 radical (unpaired) electrons. The minimum atomic E-state index is -1.25. The Morgan fingerprint density at radius 1 is 1.09 bits per heavy atom. The molecule has 0 aliphatic carbocycles. The summed E-state index contributed by atoms with van der Waals surface area (Å²) in [5, 5.41) is 53.8. The summed E-state index contributed by atoms with van der Waals surface area (Å²) >= 11 is 0. The number of aromatic nitrogens is 2. The lowest BCUT2D eigenvalue weighted by Crippen LogP contribution is -2.62. The van der Waals surface area contributed by atoms with Gasteiger partial charge in [-0.1, -0.05) is 12.8 Å². The third-order valence-corrected chi connectivity index (χ3v) is 5.92. The molecule has 1 saturated heterocycles. The first-order valence-corrected chi connectivity index (χ1v) is 11.1. The van der Waals surface area contributed by atoms with E-state index in [1.807, 2.05) is 4.90 Å². The number of hydrogen-bond acceptors (Lipinski definition) is 10. The van der Waals surface area contributed by atoms with Crippen molar-refractivity contribution in [2.75, 3.05) is 31.6 Å². The van der Waals surface area contributed by atoms with E-state index in [2.05, 4.69) is 15.3 Å². The van der Waals surface area contributed by atoms with Crippen LogP contribution in [0.1, 0.15) is 25.7 Å². The fraction of sp³-hybridized carbons (Fsp3) is 0.545. The molecular weight excluding hydrogens is 430 g/mol. The molecule has 2 aromatic rings. The van der Waals surface area contributed by atoms with Gasteiger partial charge in [0.25, 0.3) is 5.69 Å². The zero-order chi connectivity index (χ0) is 23.8. The van der Waals surface area contributed by atoms with Crippen LogP contribution in [0.25, 0.3) is 11.4 Å². The van der Waals surface area contributed by atoms with Crippen molar-refractivity contribution >= 4 is 11.4 Å². The molecule has 3 unspecified atom stereocenters. The van der Waals surface area contributed by atoms with Crippen LogP contribution in [-0.4, -0.2) is 90.8 Å². The van der Waals surface area contributed by atoms with E-state index in [0.717, 1.165) is 25.7 Å². The molecule has 11 heteroatoms. The van der Waals surface area contributed by atoms with E-state index in [1.165, 1.54) is 6.07 Å². The van der Waals surface area contributed by atoms with E-state index in [4.69, 9.17) is 0 Å². The standard InChI is InChI=1S/C22H31N5O6/c28-14-18-20(30)21(31)19(29)13-26(18)11-4-2-1-3-8-23-16-7-6-15(12-17(16)27(32)33)22-24-9-5-10-25-22/h5-7,9-10,12,18-21,23,28-31H,1-4,8,11,13-14H2/t18-,19?,20?,21?/m0/s1. The average molecular weight is 462 g/mol. The Kier molecular flexibility index (Phi) is 9.03. The van der Waals surface area contributed by atoms with Crippen molar-refractivity contribution in [1.82, 2.24) is 14.9 Å². The molecule has 1 aliphatic rings. The Hall–Kier alpha value is -2.70. The maximum absolute atomic E-state index is 11.5. The average Bonchev–Trinajstić information content (AvgIpc) is 2.82. The van der Waals surface area contributed by atoms with Crippen LogP contribution in [-0.2, 0) is 0 Å². The lowest BCUT2D eigenvalue weighted by molar-refractivity contribution is -0.383. The van der Waals surface area contributed by atoms with Crippen molar-refractivity contribution in [2.24, 2.45) is 0 Å². The lowest BCUT2D eigenvalue weighted by Gasteiger charge is -2.43. The molecule has 4 atom stereocenters. The third kappa shape index (κ3) is 6.42. The van der Waals surface area contributed by atoms with Crippen LogP contribution < -0.4 is 5.32 Å². The molecule has 0 bridgehead atoms. The number of nitro groups is 1. The second kappa shape index (κ2) is 12.0. The highest BCUT2D eigenvalue weighted by Gasteiger charge is 2.40. The Labute approximate surface area is 191 Å². The van der Waals surface area contributed by atoms with Crippen LogP contribution in [0.5, 0.6) is 0 Å². The summed E-state index contributed by atoms with van der Waals surface area (Å²) in [4.78, 5) is 21.1. The van der Waals surface area contributed by atoms with Gasteiger partial charge >= 0.3 is 0 Å². The van der Waals surface area contributed by atoms with Gasteiger partial charge in [-0.3, -0.25) is 15.0 Å². The fourth-order valence-electron chi connectivity index (χ4n) is 4.07. The molecular formula is C22H31N5O6. The van der Waals surface area contributed by atoms with Gasteiger partial charge in [0.1, 0.15) is 17.9 Å². The van der Waals surface area contributed by atoms with Crippen LogP contribution in [0.15, 0.2) is 36.7 Å². The Morgan fingerprint density at radius 2 is 1.82 bits per heavy atom. The van der Waals surface area contributed by atoms with Gasteiger partial charge in [0.05, 0.1) is 23.7 Å². The molecule has 11 nitrogen and oxygen atoms in total. The van der Waals surface area contributed by atoms with Crippen molar-refractivity contribution < 1.29 is 25.3 Å².